The van der Waals surface area contributed by atoms with Crippen molar-refractivity contribution >= 4 is 12.1 Å². The van der Waals surface area contributed by atoms with E-state index in [2.05, 4.69) is 153 Å². The quantitative estimate of drug-likeness (QED) is 0.0994. The van der Waals surface area contributed by atoms with Crippen LogP contribution >= 0.6 is 6.83 Å². The predicted molar refractivity (Wildman–Crippen MR) is 212 cm³/mol. The van der Waals surface area contributed by atoms with E-state index in [0.717, 1.165) is 40.9 Å². The van der Waals surface area contributed by atoms with Crippen LogP contribution in [0.15, 0.2) is 194 Å². The monoisotopic (exact) mass is 686 g/mol. The van der Waals surface area contributed by atoms with Crippen molar-refractivity contribution in [3.05, 3.63) is 228 Å². The molecule has 0 radical (unpaired) electrons. The van der Waals surface area contributed by atoms with Gasteiger partial charge in [-0.3, -0.25) is 0 Å². The van der Waals surface area contributed by atoms with E-state index in [1.54, 1.807) is 24.3 Å². The van der Waals surface area contributed by atoms with E-state index in [0.29, 0.717) is 0 Å². The average Bonchev–Trinajstić information content (AvgIpc) is 3.17. The van der Waals surface area contributed by atoms with Crippen molar-refractivity contribution < 1.29 is 14.7 Å². The van der Waals surface area contributed by atoms with Gasteiger partial charge in [-0.15, -0.1) is 0 Å². The van der Waals surface area contributed by atoms with E-state index < -0.39 is 12.2 Å². The van der Waals surface area contributed by atoms with Crippen LogP contribution in [-0.4, -0.2) is 10.2 Å². The summed E-state index contributed by atoms with van der Waals surface area (Å²) < 4.78 is 7.86. The summed E-state index contributed by atoms with van der Waals surface area (Å²) in [6.07, 6.45) is 2.29. The molecule has 7 aromatic carbocycles. The van der Waals surface area contributed by atoms with Gasteiger partial charge in [0.25, 0.3) is 0 Å². The Hall–Kier alpha value is -5.63. The van der Waals surface area contributed by atoms with Crippen molar-refractivity contribution in [1.82, 2.24) is 0 Å². The second-order valence-corrected chi connectivity index (χ2v) is 18.6. The van der Waals surface area contributed by atoms with Gasteiger partial charge in [0.2, 0.25) is 0 Å². The Labute approximate surface area is 301 Å². The van der Waals surface area contributed by atoms with Crippen LogP contribution in [-0.2, 0) is 23.9 Å². The molecule has 0 unspecified atom stereocenters. The molecule has 0 aliphatic carbocycles. The molecule has 0 amide bonds. The van der Waals surface area contributed by atoms with E-state index >= 15 is 0 Å². The third kappa shape index (κ3) is 7.04. The van der Waals surface area contributed by atoms with E-state index in [9.17, 15) is 10.2 Å². The second-order valence-electron chi connectivity index (χ2n) is 13.7. The molecule has 254 valence electrons. The molecule has 7 aromatic rings. The number of phenolic OH excluding ortho intramolecular Hbond substituents is 2. The molecule has 0 saturated carbocycles. The Morgan fingerprint density at radius 2 is 0.725 bits per heavy atom. The van der Waals surface area contributed by atoms with Gasteiger partial charge >= 0.3 is 302 Å². The molecule has 4 heteroatoms. The average molecular weight is 687 g/mol. The van der Waals surface area contributed by atoms with Crippen LogP contribution in [0.2, 0.25) is 0 Å². The molecule has 0 heterocycles. The van der Waals surface area contributed by atoms with Gasteiger partial charge < -0.3 is 0 Å². The maximum absolute atomic E-state index is 10.1. The summed E-state index contributed by atoms with van der Waals surface area (Å²) in [5.41, 5.74) is 6.30. The molecular formula is C47H43O3P. The first-order valence-electron chi connectivity index (χ1n) is 17.4. The van der Waals surface area contributed by atoms with Crippen LogP contribution in [0.3, 0.4) is 0 Å². The number of aromatic hydroxyl groups is 2. The molecule has 0 aliphatic heterocycles. The van der Waals surface area contributed by atoms with Gasteiger partial charge in [0.15, 0.2) is 0 Å². The normalized spacial score (nSPS) is 12.5. The van der Waals surface area contributed by atoms with Crippen LogP contribution in [0, 0.1) is 0 Å². The van der Waals surface area contributed by atoms with Crippen LogP contribution in [0.1, 0.15) is 40.3 Å². The fourth-order valence-corrected chi connectivity index (χ4v) is 13.6. The summed E-state index contributed by atoms with van der Waals surface area (Å²) in [7, 11) is 0. The summed E-state index contributed by atoms with van der Waals surface area (Å²) in [6.45, 7) is -1.29. The molecule has 0 aliphatic rings. The first kappa shape index (κ1) is 33.8. The third-order valence-electron chi connectivity index (χ3n) is 10.3. The van der Waals surface area contributed by atoms with Gasteiger partial charge in [-0.1, -0.05) is 0 Å². The molecule has 2 N–H and O–H groups in total. The Bertz CT molecular complexity index is 2000. The fraction of sp³-hybridized carbons (Fsp3) is 0.106. The van der Waals surface area contributed by atoms with Gasteiger partial charge in [0.05, 0.1) is 0 Å². The van der Waals surface area contributed by atoms with E-state index in [1.807, 2.05) is 24.3 Å². The Morgan fingerprint density at radius 1 is 0.412 bits per heavy atom. The first-order valence-corrected chi connectivity index (χ1v) is 20.1. The fourth-order valence-electron chi connectivity index (χ4n) is 7.63. The first-order chi connectivity index (χ1) is 24.8. The summed E-state index contributed by atoms with van der Waals surface area (Å²) in [4.78, 5) is 0. The maximum atomic E-state index is 10.1. The molecule has 0 spiro atoms. The molecule has 51 heavy (non-hydrogen) atoms. The van der Waals surface area contributed by atoms with Crippen LogP contribution in [0.5, 0.6) is 17.2 Å². The van der Waals surface area contributed by atoms with Gasteiger partial charge in [0.1, 0.15) is 0 Å². The Morgan fingerprint density at radius 3 is 1.08 bits per heavy atom. The van der Waals surface area contributed by atoms with Gasteiger partial charge in [-0.05, 0) is 0 Å². The zero-order valence-electron chi connectivity index (χ0n) is 28.8. The van der Waals surface area contributed by atoms with Crippen molar-refractivity contribution in [2.75, 3.05) is 0 Å². The molecule has 0 bridgehead atoms. The number of phenols is 2. The Balaban J connectivity index is 1.42. The van der Waals surface area contributed by atoms with Crippen molar-refractivity contribution in [2.45, 2.75) is 30.8 Å². The van der Waals surface area contributed by atoms with Gasteiger partial charge in [-0.2, -0.15) is 0 Å². The molecule has 0 aromatic heterocycles. The van der Waals surface area contributed by atoms with Gasteiger partial charge in [-0.25, -0.2) is 0 Å². The van der Waals surface area contributed by atoms with Crippen molar-refractivity contribution in [2.24, 2.45) is 0 Å². The number of hydrogen-bond acceptors (Lipinski definition) is 3. The SMILES string of the molecule is CC(c1ccc(O)cc1)(c1ccc(O)cc1)c1ccc(OP(Cc2ccccc2)(Cc2ccccc2)(Cc2ccccc2)c2ccccc2)cc1. The molecule has 3 nitrogen and oxygen atoms in total. The Kier molecular flexibility index (Phi) is 9.50. The molecule has 0 fully saturated rings. The summed E-state index contributed by atoms with van der Waals surface area (Å²) in [5, 5.41) is 21.5. The van der Waals surface area contributed by atoms with Crippen LogP contribution in [0.4, 0.5) is 0 Å². The molecule has 0 atom stereocenters. The van der Waals surface area contributed by atoms with Crippen molar-refractivity contribution in [3.8, 4) is 17.2 Å². The minimum absolute atomic E-state index is 0.220. The van der Waals surface area contributed by atoms with E-state index in [1.165, 1.54) is 22.0 Å². The zero-order valence-corrected chi connectivity index (χ0v) is 29.7. The number of rotatable bonds is 12. The van der Waals surface area contributed by atoms with Crippen LogP contribution < -0.4 is 9.83 Å². The zero-order chi connectivity index (χ0) is 35.2. The standard InChI is InChI=1S/C47H43O3P/c1-47(40-22-28-43(48)29-23-40,41-24-30-44(49)31-25-41)42-26-32-45(33-27-42)50-51(46-20-12-5-13-21-46,34-37-14-6-2-7-15-37,35-38-16-8-3-9-17-38)36-39-18-10-4-11-19-39/h2-33,48-49H,34-36H2,1H3. The summed E-state index contributed by atoms with van der Waals surface area (Å²) in [5.74, 6) is 1.26. The third-order valence-corrected chi connectivity index (χ3v) is 15.8. The number of hydrogen-bond donors (Lipinski definition) is 2. The second kappa shape index (κ2) is 14.3. The topological polar surface area (TPSA) is 49.7 Å². The summed E-state index contributed by atoms with van der Waals surface area (Å²) in [6, 6.07) is 66.6. The van der Waals surface area contributed by atoms with Crippen LogP contribution in [0.25, 0.3) is 0 Å². The van der Waals surface area contributed by atoms with E-state index in [4.69, 9.17) is 4.52 Å². The molecule has 0 saturated heterocycles. The summed E-state index contributed by atoms with van der Waals surface area (Å²) >= 11 is 0. The van der Waals surface area contributed by atoms with E-state index in [-0.39, 0.29) is 11.5 Å². The molecule has 7 rings (SSSR count). The number of benzene rings is 7. The van der Waals surface area contributed by atoms with Gasteiger partial charge in [0, 0.05) is 0 Å². The minimum atomic E-state index is -3.48. The van der Waals surface area contributed by atoms with Crippen molar-refractivity contribution in [3.63, 3.8) is 0 Å². The molecular weight excluding hydrogens is 643 g/mol. The van der Waals surface area contributed by atoms with Crippen molar-refractivity contribution in [1.29, 1.82) is 0 Å². The predicted octanol–water partition coefficient (Wildman–Crippen LogP) is 11.2.